The van der Waals surface area contributed by atoms with E-state index in [4.69, 9.17) is 4.74 Å². The summed E-state index contributed by atoms with van der Waals surface area (Å²) < 4.78 is 6.85. The summed E-state index contributed by atoms with van der Waals surface area (Å²) in [5, 5.41) is 6.83. The van der Waals surface area contributed by atoms with E-state index in [-0.39, 0.29) is 24.4 Å². The molecule has 0 saturated carbocycles. The minimum absolute atomic E-state index is 0.0852. The van der Waals surface area contributed by atoms with Gasteiger partial charge in [-0.15, -0.1) is 5.10 Å². The van der Waals surface area contributed by atoms with Crippen molar-refractivity contribution in [3.63, 3.8) is 0 Å². The van der Waals surface area contributed by atoms with Crippen molar-refractivity contribution < 1.29 is 14.3 Å². The van der Waals surface area contributed by atoms with E-state index in [0.717, 1.165) is 31.6 Å². The summed E-state index contributed by atoms with van der Waals surface area (Å²) in [7, 11) is 0. The van der Waals surface area contributed by atoms with Crippen LogP contribution in [0.2, 0.25) is 0 Å². The minimum atomic E-state index is -0.301. The second-order valence-electron chi connectivity index (χ2n) is 5.78. The molecule has 2 heterocycles. The predicted octanol–water partition coefficient (Wildman–Crippen LogP) is 0.775. The molecule has 3 rings (SSSR count). The summed E-state index contributed by atoms with van der Waals surface area (Å²) in [6, 6.07) is 9.62. The van der Waals surface area contributed by atoms with E-state index in [9.17, 15) is 9.59 Å². The van der Waals surface area contributed by atoms with Crippen molar-refractivity contribution in [2.45, 2.75) is 19.3 Å². The monoisotopic (exact) mass is 343 g/mol. The number of rotatable bonds is 7. The van der Waals surface area contributed by atoms with Gasteiger partial charge >= 0.3 is 6.01 Å². The van der Waals surface area contributed by atoms with Gasteiger partial charge in [0.25, 0.3) is 5.91 Å². The van der Waals surface area contributed by atoms with Crippen molar-refractivity contribution >= 4 is 11.8 Å². The van der Waals surface area contributed by atoms with E-state index in [0.29, 0.717) is 13.0 Å². The van der Waals surface area contributed by atoms with Crippen LogP contribution in [0, 0.1) is 0 Å². The van der Waals surface area contributed by atoms with E-state index in [1.54, 1.807) is 4.68 Å². The topological polar surface area (TPSA) is 89.3 Å². The van der Waals surface area contributed by atoms with Gasteiger partial charge in [-0.1, -0.05) is 18.2 Å². The lowest BCUT2D eigenvalue weighted by Gasteiger charge is -2.15. The van der Waals surface area contributed by atoms with Crippen molar-refractivity contribution in [3.8, 4) is 11.7 Å². The van der Waals surface area contributed by atoms with Crippen LogP contribution in [0.25, 0.3) is 5.69 Å². The van der Waals surface area contributed by atoms with Gasteiger partial charge in [0, 0.05) is 26.1 Å². The van der Waals surface area contributed by atoms with Gasteiger partial charge < -0.3 is 15.0 Å². The lowest BCUT2D eigenvalue weighted by atomic mass is 10.3. The van der Waals surface area contributed by atoms with E-state index in [1.807, 2.05) is 35.2 Å². The first-order valence-electron chi connectivity index (χ1n) is 8.37. The fraction of sp³-hybridized carbons (Fsp3) is 0.412. The number of carbonyl (C=O) groups is 2. The Bertz CT molecular complexity index is 710. The van der Waals surface area contributed by atoms with Gasteiger partial charge in [0.05, 0.1) is 5.69 Å². The van der Waals surface area contributed by atoms with Gasteiger partial charge in [-0.25, -0.2) is 4.68 Å². The average molecular weight is 343 g/mol. The van der Waals surface area contributed by atoms with Crippen LogP contribution in [-0.4, -0.2) is 57.7 Å². The number of hydrogen-bond donors (Lipinski definition) is 1. The molecule has 1 aliphatic rings. The van der Waals surface area contributed by atoms with Crippen LogP contribution in [-0.2, 0) is 9.59 Å². The highest BCUT2D eigenvalue weighted by Crippen LogP contribution is 2.09. The Morgan fingerprint density at radius 1 is 1.16 bits per heavy atom. The fourth-order valence-electron chi connectivity index (χ4n) is 2.63. The highest BCUT2D eigenvalue weighted by molar-refractivity contribution is 5.79. The molecule has 1 aromatic heterocycles. The fourth-order valence-corrected chi connectivity index (χ4v) is 2.63. The second kappa shape index (κ2) is 8.27. The molecule has 25 heavy (non-hydrogen) atoms. The molecule has 1 aromatic carbocycles. The van der Waals surface area contributed by atoms with Crippen LogP contribution in [0.4, 0.5) is 0 Å². The average Bonchev–Trinajstić information content (AvgIpc) is 3.32. The van der Waals surface area contributed by atoms with Crippen LogP contribution in [0.3, 0.4) is 0 Å². The zero-order valence-corrected chi connectivity index (χ0v) is 13.9. The first kappa shape index (κ1) is 16.9. The van der Waals surface area contributed by atoms with Gasteiger partial charge in [0.1, 0.15) is 6.33 Å². The van der Waals surface area contributed by atoms with E-state index >= 15 is 0 Å². The Hall–Kier alpha value is -2.90. The van der Waals surface area contributed by atoms with Gasteiger partial charge in [-0.2, -0.15) is 4.98 Å². The number of nitrogens with one attached hydrogen (secondary N) is 1. The quantitative estimate of drug-likeness (QED) is 0.802. The third kappa shape index (κ3) is 4.79. The van der Waals surface area contributed by atoms with Crippen LogP contribution in [0.15, 0.2) is 36.7 Å². The highest BCUT2D eigenvalue weighted by Gasteiger charge is 2.17. The van der Waals surface area contributed by atoms with Crippen LogP contribution in [0.1, 0.15) is 19.3 Å². The molecule has 2 aromatic rings. The molecule has 0 unspecified atom stereocenters. The van der Waals surface area contributed by atoms with Gasteiger partial charge in [0.2, 0.25) is 5.91 Å². The summed E-state index contributed by atoms with van der Waals surface area (Å²) in [4.78, 5) is 29.5. The molecule has 0 spiro atoms. The lowest BCUT2D eigenvalue weighted by molar-refractivity contribution is -0.130. The number of ether oxygens (including phenoxy) is 1. The Labute approximate surface area is 145 Å². The second-order valence-corrected chi connectivity index (χ2v) is 5.78. The highest BCUT2D eigenvalue weighted by atomic mass is 16.5. The molecular weight excluding hydrogens is 322 g/mol. The third-order valence-corrected chi connectivity index (χ3v) is 3.94. The molecule has 0 aliphatic carbocycles. The molecule has 0 radical (unpaired) electrons. The molecule has 1 aliphatic heterocycles. The number of nitrogens with zero attached hydrogens (tertiary/aromatic N) is 4. The minimum Gasteiger partial charge on any atom is -0.452 e. The molecule has 0 bridgehead atoms. The summed E-state index contributed by atoms with van der Waals surface area (Å²) in [5.41, 5.74) is 0.856. The van der Waals surface area contributed by atoms with Gasteiger partial charge in [-0.3, -0.25) is 9.59 Å². The predicted molar refractivity (Wildman–Crippen MR) is 90.3 cm³/mol. The Morgan fingerprint density at radius 2 is 1.92 bits per heavy atom. The van der Waals surface area contributed by atoms with Crippen molar-refractivity contribution in [2.75, 3.05) is 26.2 Å². The molecular formula is C17H21N5O3. The zero-order chi connectivity index (χ0) is 17.5. The molecule has 1 saturated heterocycles. The Kier molecular flexibility index (Phi) is 5.61. The van der Waals surface area contributed by atoms with Crippen molar-refractivity contribution in [2.24, 2.45) is 0 Å². The van der Waals surface area contributed by atoms with Crippen LogP contribution in [0.5, 0.6) is 6.01 Å². The van der Waals surface area contributed by atoms with Crippen molar-refractivity contribution in [1.29, 1.82) is 0 Å². The molecule has 132 valence electrons. The summed E-state index contributed by atoms with van der Waals surface area (Å²) >= 11 is 0. The maximum Gasteiger partial charge on any atom is 0.336 e. The summed E-state index contributed by atoms with van der Waals surface area (Å²) in [6.45, 7) is 1.78. The molecule has 1 N–H and O–H groups in total. The van der Waals surface area contributed by atoms with E-state index < -0.39 is 0 Å². The van der Waals surface area contributed by atoms with Gasteiger partial charge in [0.15, 0.2) is 6.61 Å². The smallest absolute Gasteiger partial charge is 0.336 e. The number of aromatic nitrogens is 3. The molecule has 8 heteroatoms. The first-order valence-corrected chi connectivity index (χ1v) is 8.37. The number of likely N-dealkylation sites (tertiary alicyclic amines) is 1. The van der Waals surface area contributed by atoms with Crippen molar-refractivity contribution in [3.05, 3.63) is 36.7 Å². The zero-order valence-electron chi connectivity index (χ0n) is 13.9. The first-order chi connectivity index (χ1) is 12.2. The maximum absolute atomic E-state index is 11.9. The van der Waals surface area contributed by atoms with E-state index in [1.165, 1.54) is 6.33 Å². The summed E-state index contributed by atoms with van der Waals surface area (Å²) in [5.74, 6) is -0.215. The number of benzene rings is 1. The van der Waals surface area contributed by atoms with Crippen LogP contribution >= 0.6 is 0 Å². The van der Waals surface area contributed by atoms with Gasteiger partial charge in [-0.05, 0) is 25.0 Å². The Morgan fingerprint density at radius 3 is 2.68 bits per heavy atom. The maximum atomic E-state index is 11.9. The molecule has 2 amide bonds. The standard InChI is InChI=1S/C17H21N5O3/c23-15(18-9-8-16(24)21-10-4-5-11-21)12-25-17-19-13-22(20-17)14-6-2-1-3-7-14/h1-3,6-7,13H,4-5,8-12H2,(H,18,23). The van der Waals surface area contributed by atoms with Crippen molar-refractivity contribution in [1.82, 2.24) is 25.0 Å². The van der Waals surface area contributed by atoms with Crippen LogP contribution < -0.4 is 10.1 Å². The SMILES string of the molecule is O=C(COc1ncn(-c2ccccc2)n1)NCCC(=O)N1CCCC1. The number of para-hydroxylation sites is 1. The third-order valence-electron chi connectivity index (χ3n) is 3.94. The summed E-state index contributed by atoms with van der Waals surface area (Å²) in [6.07, 6.45) is 3.97. The molecule has 8 nitrogen and oxygen atoms in total. The normalized spacial score (nSPS) is 13.7. The Balaban J connectivity index is 1.37. The largest absolute Gasteiger partial charge is 0.452 e. The molecule has 1 fully saturated rings. The number of carbonyl (C=O) groups excluding carboxylic acids is 2. The lowest BCUT2D eigenvalue weighted by Crippen LogP contribution is -2.34. The number of hydrogen-bond acceptors (Lipinski definition) is 5. The van der Waals surface area contributed by atoms with E-state index in [2.05, 4.69) is 15.4 Å². The number of amides is 2. The molecule has 0 atom stereocenters.